The van der Waals surface area contributed by atoms with E-state index < -0.39 is 55.5 Å². The van der Waals surface area contributed by atoms with Crippen LogP contribution in [0.5, 0.6) is 5.75 Å². The van der Waals surface area contributed by atoms with Crippen LogP contribution in [0, 0.1) is 19.3 Å². The summed E-state index contributed by atoms with van der Waals surface area (Å²) in [7, 11) is -4.33. The van der Waals surface area contributed by atoms with Gasteiger partial charge in [-0.05, 0) is 57.0 Å². The van der Waals surface area contributed by atoms with Gasteiger partial charge in [0.2, 0.25) is 0 Å². The number of aromatic amines is 1. The molecule has 1 aliphatic rings. The van der Waals surface area contributed by atoms with E-state index in [0.29, 0.717) is 5.56 Å². The maximum atomic E-state index is 14.3. The van der Waals surface area contributed by atoms with E-state index in [0.717, 1.165) is 5.56 Å². The summed E-state index contributed by atoms with van der Waals surface area (Å²) in [6.07, 6.45) is 8.92. The van der Waals surface area contributed by atoms with E-state index in [1.165, 1.54) is 22.9 Å². The Bertz CT molecular complexity index is 1630. The van der Waals surface area contributed by atoms with Crippen molar-refractivity contribution in [2.24, 2.45) is 0 Å². The van der Waals surface area contributed by atoms with E-state index in [-0.39, 0.29) is 12.2 Å². The number of rotatable bonds is 12. The number of hydrogen-bond donors (Lipinski definition) is 2. The standard InChI is InChI=1S/C30H32N3O8P/c1-5-30(17-16-26(40-30)33-19-22(4)27(34)31-29(33)36)20-38-42(37,41-24-14-10-7-11-15-24)32-25(28(35)39-21(2)3)18-23-12-8-6-9-13-23/h1,6-17,19,21,25-26H,18,20H2,2-4H3,(H,32,37)(H,31,34,36)/t25-,26+,30-,42-/m0/s1. The lowest BCUT2D eigenvalue weighted by Gasteiger charge is -2.29. The van der Waals surface area contributed by atoms with E-state index in [2.05, 4.69) is 16.0 Å². The molecule has 0 spiro atoms. The van der Waals surface area contributed by atoms with Crippen molar-refractivity contribution in [3.63, 3.8) is 0 Å². The first-order valence-corrected chi connectivity index (χ1v) is 14.7. The fourth-order valence-corrected chi connectivity index (χ4v) is 5.61. The zero-order valence-electron chi connectivity index (χ0n) is 23.4. The summed E-state index contributed by atoms with van der Waals surface area (Å²) in [6, 6.07) is 16.3. The fraction of sp³-hybridized carbons (Fsp3) is 0.300. The predicted molar refractivity (Wildman–Crippen MR) is 156 cm³/mol. The Hall–Kier alpha value is -4.20. The zero-order chi connectivity index (χ0) is 30.3. The molecule has 2 aromatic carbocycles. The van der Waals surface area contributed by atoms with E-state index >= 15 is 0 Å². The first-order chi connectivity index (χ1) is 20.0. The molecular formula is C30H32N3O8P. The molecule has 4 atom stereocenters. The Balaban J connectivity index is 1.60. The molecule has 3 aromatic rings. The maximum Gasteiger partial charge on any atom is 0.459 e. The van der Waals surface area contributed by atoms with Gasteiger partial charge >= 0.3 is 19.4 Å². The van der Waals surface area contributed by atoms with Crippen LogP contribution in [-0.4, -0.2) is 39.9 Å². The molecule has 1 aliphatic heterocycles. The second-order valence-electron chi connectivity index (χ2n) is 9.91. The number of benzene rings is 2. The van der Waals surface area contributed by atoms with Crippen LogP contribution < -0.4 is 20.9 Å². The van der Waals surface area contributed by atoms with E-state index in [4.69, 9.17) is 24.9 Å². The number of aryl methyl sites for hydroxylation is 1. The summed E-state index contributed by atoms with van der Waals surface area (Å²) in [5, 5.41) is 2.76. The molecule has 0 unspecified atom stereocenters. The van der Waals surface area contributed by atoms with Crippen LogP contribution in [0.25, 0.3) is 0 Å². The molecular weight excluding hydrogens is 561 g/mol. The number of carbonyl (C=O) groups is 1. The van der Waals surface area contributed by atoms with Gasteiger partial charge in [0.25, 0.3) is 5.56 Å². The van der Waals surface area contributed by atoms with Crippen molar-refractivity contribution in [3.8, 4) is 18.1 Å². The minimum Gasteiger partial charge on any atom is -0.462 e. The summed E-state index contributed by atoms with van der Waals surface area (Å²) in [5.41, 5.74) is -1.69. The molecule has 2 N–H and O–H groups in total. The Morgan fingerprint density at radius 2 is 1.83 bits per heavy atom. The zero-order valence-corrected chi connectivity index (χ0v) is 24.3. The Morgan fingerprint density at radius 1 is 1.17 bits per heavy atom. The van der Waals surface area contributed by atoms with Gasteiger partial charge in [-0.2, -0.15) is 5.09 Å². The minimum atomic E-state index is -4.33. The number of terminal acetylenes is 1. The lowest BCUT2D eigenvalue weighted by atomic mass is 10.1. The second-order valence-corrected chi connectivity index (χ2v) is 11.6. The molecule has 0 bridgehead atoms. The van der Waals surface area contributed by atoms with Gasteiger partial charge in [-0.15, -0.1) is 6.42 Å². The molecule has 11 nitrogen and oxygen atoms in total. The highest BCUT2D eigenvalue weighted by Crippen LogP contribution is 2.47. The van der Waals surface area contributed by atoms with Gasteiger partial charge in [0, 0.05) is 11.8 Å². The molecule has 42 heavy (non-hydrogen) atoms. The normalized spacial score (nSPS) is 20.0. The van der Waals surface area contributed by atoms with Crippen molar-refractivity contribution in [3.05, 3.63) is 111 Å². The Morgan fingerprint density at radius 3 is 2.48 bits per heavy atom. The maximum absolute atomic E-state index is 14.3. The summed E-state index contributed by atoms with van der Waals surface area (Å²) < 4.78 is 38.5. The topological polar surface area (TPSA) is 138 Å². The van der Waals surface area contributed by atoms with E-state index in [9.17, 15) is 18.9 Å². The molecule has 1 aromatic heterocycles. The van der Waals surface area contributed by atoms with E-state index in [1.807, 2.05) is 30.3 Å². The lowest BCUT2D eigenvalue weighted by molar-refractivity contribution is -0.149. The van der Waals surface area contributed by atoms with Crippen LogP contribution >= 0.6 is 7.75 Å². The highest BCUT2D eigenvalue weighted by Gasteiger charge is 2.41. The number of hydrogen-bond acceptors (Lipinski definition) is 8. The number of ether oxygens (including phenoxy) is 2. The van der Waals surface area contributed by atoms with Gasteiger partial charge in [-0.25, -0.2) is 9.36 Å². The number of para-hydroxylation sites is 1. The lowest BCUT2D eigenvalue weighted by Crippen LogP contribution is -2.42. The highest BCUT2D eigenvalue weighted by atomic mass is 31.2. The third kappa shape index (κ3) is 7.75. The summed E-state index contributed by atoms with van der Waals surface area (Å²) in [6.45, 7) is 4.49. The molecule has 0 radical (unpaired) electrons. The van der Waals surface area contributed by atoms with Crippen LogP contribution in [-0.2, 0) is 29.8 Å². The van der Waals surface area contributed by atoms with Gasteiger partial charge in [0.15, 0.2) is 11.8 Å². The van der Waals surface area contributed by atoms with Crippen LogP contribution in [0.2, 0.25) is 0 Å². The Labute approximate surface area is 243 Å². The number of nitrogens with zero attached hydrogens (tertiary/aromatic N) is 1. The van der Waals surface area contributed by atoms with Gasteiger partial charge in [-0.1, -0.05) is 54.5 Å². The number of aromatic nitrogens is 2. The van der Waals surface area contributed by atoms with Crippen molar-refractivity contribution < 1.29 is 27.9 Å². The molecule has 0 aliphatic carbocycles. The summed E-state index contributed by atoms with van der Waals surface area (Å²) in [4.78, 5) is 39.5. The number of carbonyl (C=O) groups excluding carboxylic acids is 1. The average Bonchev–Trinajstić information content (AvgIpc) is 3.39. The SMILES string of the molecule is C#C[C@@]1(CO[P@@](=O)(N[C@@H](Cc2ccccc2)C(=O)OC(C)C)Oc2ccccc2)C=C[C@H](n2cc(C)c(=O)[nH]c2=O)O1. The third-order valence-electron chi connectivity index (χ3n) is 6.18. The van der Waals surface area contributed by atoms with Gasteiger partial charge < -0.3 is 14.0 Å². The third-order valence-corrected chi connectivity index (χ3v) is 7.72. The molecule has 0 saturated carbocycles. The van der Waals surface area contributed by atoms with Crippen molar-refractivity contribution in [1.29, 1.82) is 0 Å². The molecule has 0 fully saturated rings. The quantitative estimate of drug-likeness (QED) is 0.139. The summed E-state index contributed by atoms with van der Waals surface area (Å²) >= 11 is 0. The highest BCUT2D eigenvalue weighted by molar-refractivity contribution is 7.52. The number of H-pyrrole nitrogens is 1. The van der Waals surface area contributed by atoms with Crippen LogP contribution in [0.4, 0.5) is 0 Å². The molecule has 12 heteroatoms. The van der Waals surface area contributed by atoms with Crippen molar-refractivity contribution >= 4 is 13.7 Å². The molecule has 0 saturated heterocycles. The molecule has 2 heterocycles. The molecule has 4 rings (SSSR count). The van der Waals surface area contributed by atoms with Gasteiger partial charge in [0.1, 0.15) is 18.4 Å². The first-order valence-electron chi connectivity index (χ1n) is 13.2. The van der Waals surface area contributed by atoms with Crippen LogP contribution in [0.15, 0.2) is 88.6 Å². The van der Waals surface area contributed by atoms with Crippen molar-refractivity contribution in [2.45, 2.75) is 51.2 Å². The van der Waals surface area contributed by atoms with Gasteiger partial charge in [-0.3, -0.25) is 23.7 Å². The van der Waals surface area contributed by atoms with Crippen molar-refractivity contribution in [2.75, 3.05) is 6.61 Å². The molecule has 220 valence electrons. The smallest absolute Gasteiger partial charge is 0.459 e. The largest absolute Gasteiger partial charge is 0.462 e. The van der Waals surface area contributed by atoms with Crippen LogP contribution in [0.1, 0.15) is 31.2 Å². The average molecular weight is 594 g/mol. The monoisotopic (exact) mass is 593 g/mol. The second kappa shape index (κ2) is 13.2. The van der Waals surface area contributed by atoms with Gasteiger partial charge in [0.05, 0.1) is 6.10 Å². The minimum absolute atomic E-state index is 0.130. The number of esters is 1. The van der Waals surface area contributed by atoms with Crippen LogP contribution in [0.3, 0.4) is 0 Å². The van der Waals surface area contributed by atoms with Crippen molar-refractivity contribution in [1.82, 2.24) is 14.6 Å². The Kier molecular flexibility index (Phi) is 9.66. The predicted octanol–water partition coefficient (Wildman–Crippen LogP) is 3.66. The fourth-order valence-electron chi connectivity index (χ4n) is 4.09. The summed E-state index contributed by atoms with van der Waals surface area (Å²) in [5.74, 6) is 2.05. The number of nitrogens with one attached hydrogen (secondary N) is 2. The first kappa shape index (κ1) is 30.8. The van der Waals surface area contributed by atoms with E-state index in [1.54, 1.807) is 51.1 Å². The molecule has 0 amide bonds.